The highest BCUT2D eigenvalue weighted by atomic mass is 16.5. The zero-order valence-corrected chi connectivity index (χ0v) is 18.9. The van der Waals surface area contributed by atoms with E-state index < -0.39 is 6.10 Å². The molecule has 0 bridgehead atoms. The van der Waals surface area contributed by atoms with E-state index in [-0.39, 0.29) is 6.61 Å². The van der Waals surface area contributed by atoms with Crippen molar-refractivity contribution in [2.45, 2.75) is 26.1 Å². The lowest BCUT2D eigenvalue weighted by Crippen LogP contribution is -2.34. The van der Waals surface area contributed by atoms with Crippen molar-refractivity contribution in [2.75, 3.05) is 20.3 Å². The smallest absolute Gasteiger partial charge is 0.227 e. The van der Waals surface area contributed by atoms with Gasteiger partial charge in [-0.05, 0) is 43.3 Å². The van der Waals surface area contributed by atoms with Gasteiger partial charge in [0.25, 0.3) is 0 Å². The van der Waals surface area contributed by atoms with Crippen LogP contribution in [0.5, 0.6) is 11.6 Å². The Balaban J connectivity index is 1.70. The van der Waals surface area contributed by atoms with Crippen LogP contribution in [0.25, 0.3) is 5.69 Å². The average Bonchev–Trinajstić information content (AvgIpc) is 3.44. The molecule has 7 heteroatoms. The number of aryl methyl sites for hydroxylation is 1. The summed E-state index contributed by atoms with van der Waals surface area (Å²) in [5.41, 5.74) is 2.71. The first-order valence-electron chi connectivity index (χ1n) is 10.9. The minimum atomic E-state index is -0.632. The predicted molar refractivity (Wildman–Crippen MR) is 126 cm³/mol. The number of rotatable bonds is 11. The Bertz CT molecular complexity index is 1110. The van der Waals surface area contributed by atoms with Crippen molar-refractivity contribution >= 4 is 0 Å². The summed E-state index contributed by atoms with van der Waals surface area (Å²) in [7, 11) is 1.58. The first kappa shape index (κ1) is 22.8. The Morgan fingerprint density at radius 3 is 2.39 bits per heavy atom. The summed E-state index contributed by atoms with van der Waals surface area (Å²) < 4.78 is 18.9. The van der Waals surface area contributed by atoms with E-state index in [1.54, 1.807) is 13.4 Å². The molecule has 0 amide bonds. The van der Waals surface area contributed by atoms with E-state index in [9.17, 15) is 5.11 Å². The Labute approximate surface area is 193 Å². The van der Waals surface area contributed by atoms with Crippen LogP contribution in [-0.4, -0.2) is 46.2 Å². The second-order valence-corrected chi connectivity index (χ2v) is 7.89. The van der Waals surface area contributed by atoms with Gasteiger partial charge in [0.2, 0.25) is 5.88 Å². The van der Waals surface area contributed by atoms with E-state index in [1.807, 2.05) is 84.4 Å². The quantitative estimate of drug-likeness (QED) is 0.363. The average molecular weight is 448 g/mol. The highest BCUT2D eigenvalue weighted by molar-refractivity contribution is 5.43. The van der Waals surface area contributed by atoms with Crippen LogP contribution in [-0.2, 0) is 17.8 Å². The summed E-state index contributed by atoms with van der Waals surface area (Å²) in [6.45, 7) is 3.69. The Morgan fingerprint density at radius 1 is 1.00 bits per heavy atom. The predicted octanol–water partition coefficient (Wildman–Crippen LogP) is 4.58. The Kier molecular flexibility index (Phi) is 7.57. The maximum Gasteiger partial charge on any atom is 0.227 e. The number of hydrogen-bond donors (Lipinski definition) is 1. The van der Waals surface area contributed by atoms with E-state index in [2.05, 4.69) is 4.90 Å². The van der Waals surface area contributed by atoms with E-state index in [0.717, 1.165) is 28.5 Å². The number of aromatic nitrogens is 2. The maximum absolute atomic E-state index is 10.4. The van der Waals surface area contributed by atoms with Crippen molar-refractivity contribution in [3.8, 4) is 17.3 Å². The minimum absolute atomic E-state index is 0.254. The molecule has 2 aromatic carbocycles. The van der Waals surface area contributed by atoms with Crippen LogP contribution in [0.3, 0.4) is 0 Å². The van der Waals surface area contributed by atoms with Gasteiger partial charge in [0.1, 0.15) is 11.5 Å². The minimum Gasteiger partial charge on any atom is -0.468 e. The van der Waals surface area contributed by atoms with Crippen molar-refractivity contribution in [1.29, 1.82) is 0 Å². The van der Waals surface area contributed by atoms with Gasteiger partial charge in [-0.2, -0.15) is 5.10 Å². The number of aliphatic hydroxyl groups is 1. The molecular weight excluding hydrogens is 418 g/mol. The van der Waals surface area contributed by atoms with Gasteiger partial charge in [-0.1, -0.05) is 36.4 Å². The molecule has 0 aliphatic heterocycles. The van der Waals surface area contributed by atoms with Gasteiger partial charge in [0.05, 0.1) is 42.5 Å². The van der Waals surface area contributed by atoms with Crippen LogP contribution >= 0.6 is 0 Å². The second kappa shape index (κ2) is 11.0. The maximum atomic E-state index is 10.4. The number of hydrogen-bond acceptors (Lipinski definition) is 6. The summed E-state index contributed by atoms with van der Waals surface area (Å²) in [5, 5.41) is 15.2. The zero-order chi connectivity index (χ0) is 23.0. The Hall–Kier alpha value is -3.39. The first-order valence-corrected chi connectivity index (χ1v) is 10.9. The molecule has 0 fully saturated rings. The standard InChI is InChI=1S/C26H29N3O4/c1-20-25(18-28(16-22(30)19-31-2)17-24-14-9-15-32-24)26(33-23-12-7-4-8-13-23)29(27-20)21-10-5-3-6-11-21/h3-15,22,30H,16-19H2,1-2H3/t22-/m0/s1. The molecule has 0 spiro atoms. The highest BCUT2D eigenvalue weighted by Gasteiger charge is 2.23. The normalized spacial score (nSPS) is 12.2. The monoisotopic (exact) mass is 447 g/mol. The zero-order valence-electron chi connectivity index (χ0n) is 18.9. The molecule has 0 aliphatic rings. The summed E-state index contributed by atoms with van der Waals surface area (Å²) in [4.78, 5) is 2.11. The molecule has 0 aliphatic carbocycles. The van der Waals surface area contributed by atoms with Gasteiger partial charge < -0.3 is 19.0 Å². The van der Waals surface area contributed by atoms with Crippen molar-refractivity contribution < 1.29 is 19.0 Å². The lowest BCUT2D eigenvalue weighted by atomic mass is 10.2. The van der Waals surface area contributed by atoms with Crippen LogP contribution in [0.1, 0.15) is 17.0 Å². The number of methoxy groups -OCH3 is 1. The Morgan fingerprint density at radius 2 is 1.73 bits per heavy atom. The summed E-state index contributed by atoms with van der Waals surface area (Å²) in [5.74, 6) is 2.20. The number of nitrogens with zero attached hydrogens (tertiary/aromatic N) is 3. The lowest BCUT2D eigenvalue weighted by molar-refractivity contribution is 0.0321. The summed E-state index contributed by atoms with van der Waals surface area (Å²) in [6, 6.07) is 23.4. The fraction of sp³-hybridized carbons (Fsp3) is 0.269. The summed E-state index contributed by atoms with van der Waals surface area (Å²) >= 11 is 0. The van der Waals surface area contributed by atoms with Crippen molar-refractivity contribution in [2.24, 2.45) is 0 Å². The van der Waals surface area contributed by atoms with Crippen LogP contribution in [0.4, 0.5) is 0 Å². The van der Waals surface area contributed by atoms with Gasteiger partial charge in [0.15, 0.2) is 0 Å². The molecule has 0 saturated heterocycles. The number of benzene rings is 2. The second-order valence-electron chi connectivity index (χ2n) is 7.89. The molecule has 4 aromatic rings. The van der Waals surface area contributed by atoms with Crippen LogP contribution in [0.2, 0.25) is 0 Å². The highest BCUT2D eigenvalue weighted by Crippen LogP contribution is 2.32. The first-order chi connectivity index (χ1) is 16.1. The molecule has 4 rings (SSSR count). The number of aliphatic hydroxyl groups excluding tert-OH is 1. The largest absolute Gasteiger partial charge is 0.468 e. The summed E-state index contributed by atoms with van der Waals surface area (Å²) in [6.07, 6.45) is 1.02. The fourth-order valence-corrected chi connectivity index (χ4v) is 3.74. The van der Waals surface area contributed by atoms with E-state index in [0.29, 0.717) is 25.5 Å². The van der Waals surface area contributed by atoms with E-state index in [4.69, 9.17) is 19.0 Å². The van der Waals surface area contributed by atoms with Crippen molar-refractivity contribution in [1.82, 2.24) is 14.7 Å². The van der Waals surface area contributed by atoms with Gasteiger partial charge in [-0.25, -0.2) is 4.68 Å². The molecule has 2 heterocycles. The molecular formula is C26H29N3O4. The molecule has 0 radical (unpaired) electrons. The van der Waals surface area contributed by atoms with Crippen LogP contribution in [0.15, 0.2) is 83.5 Å². The molecule has 2 aromatic heterocycles. The van der Waals surface area contributed by atoms with Crippen LogP contribution < -0.4 is 4.74 Å². The number of furan rings is 1. The lowest BCUT2D eigenvalue weighted by Gasteiger charge is -2.24. The van der Waals surface area contributed by atoms with Gasteiger partial charge in [0, 0.05) is 20.2 Å². The topological polar surface area (TPSA) is 72.9 Å². The van der Waals surface area contributed by atoms with Crippen LogP contribution in [0, 0.1) is 6.92 Å². The molecule has 172 valence electrons. The third-order valence-electron chi connectivity index (χ3n) is 5.27. The molecule has 33 heavy (non-hydrogen) atoms. The molecule has 1 atom stereocenters. The van der Waals surface area contributed by atoms with E-state index >= 15 is 0 Å². The van der Waals surface area contributed by atoms with Gasteiger partial charge >= 0.3 is 0 Å². The fourth-order valence-electron chi connectivity index (χ4n) is 3.74. The molecule has 1 N–H and O–H groups in total. The molecule has 0 saturated carbocycles. The SMILES string of the molecule is COC[C@@H](O)CN(Cc1ccco1)Cc1c(C)nn(-c2ccccc2)c1Oc1ccccc1. The number of para-hydroxylation sites is 2. The number of ether oxygens (including phenoxy) is 2. The van der Waals surface area contributed by atoms with Crippen molar-refractivity contribution in [3.05, 3.63) is 96.1 Å². The third kappa shape index (κ3) is 5.90. The molecule has 7 nitrogen and oxygen atoms in total. The van der Waals surface area contributed by atoms with Gasteiger partial charge in [-0.15, -0.1) is 0 Å². The molecule has 0 unspecified atom stereocenters. The van der Waals surface area contributed by atoms with E-state index in [1.165, 1.54) is 0 Å². The van der Waals surface area contributed by atoms with Gasteiger partial charge in [-0.3, -0.25) is 4.90 Å². The third-order valence-corrected chi connectivity index (χ3v) is 5.27. The van der Waals surface area contributed by atoms with Crippen molar-refractivity contribution in [3.63, 3.8) is 0 Å².